The molecule has 5 aromatic rings. The van der Waals surface area contributed by atoms with Crippen molar-refractivity contribution < 1.29 is 27.8 Å². The molecular formula is C25H22FN5O5. The number of benzene rings is 2. The van der Waals surface area contributed by atoms with Gasteiger partial charge in [0.1, 0.15) is 40.6 Å². The number of aryl methyl sites for hydroxylation is 1. The summed E-state index contributed by atoms with van der Waals surface area (Å²) in [6.45, 7) is 3.62. The average molecular weight is 491 g/mol. The predicted molar refractivity (Wildman–Crippen MR) is 128 cm³/mol. The number of esters is 1. The third kappa shape index (κ3) is 4.26. The molecule has 0 fully saturated rings. The number of anilines is 2. The van der Waals surface area contributed by atoms with Crippen LogP contribution < -0.4 is 14.8 Å². The first-order valence-electron chi connectivity index (χ1n) is 11.1. The van der Waals surface area contributed by atoms with Gasteiger partial charge in [-0.3, -0.25) is 0 Å². The second-order valence-corrected chi connectivity index (χ2v) is 7.74. The molecule has 0 bridgehead atoms. The van der Waals surface area contributed by atoms with E-state index in [9.17, 15) is 9.18 Å². The molecule has 1 N–H and O–H groups in total. The number of methoxy groups -OCH3 is 1. The molecule has 10 nitrogen and oxygen atoms in total. The fraction of sp³-hybridized carbons (Fsp3) is 0.200. The van der Waals surface area contributed by atoms with E-state index in [1.54, 1.807) is 61.8 Å². The summed E-state index contributed by atoms with van der Waals surface area (Å²) in [5, 5.41) is 12.1. The average Bonchev–Trinajstić information content (AvgIpc) is 3.45. The van der Waals surface area contributed by atoms with E-state index in [1.807, 2.05) is 0 Å². The summed E-state index contributed by atoms with van der Waals surface area (Å²) in [4.78, 5) is 17.3. The van der Waals surface area contributed by atoms with Crippen molar-refractivity contribution in [1.29, 1.82) is 0 Å². The van der Waals surface area contributed by atoms with Gasteiger partial charge in [-0.25, -0.2) is 13.6 Å². The predicted octanol–water partition coefficient (Wildman–Crippen LogP) is 4.83. The van der Waals surface area contributed by atoms with Crippen molar-refractivity contribution in [1.82, 2.24) is 19.6 Å². The third-order valence-electron chi connectivity index (χ3n) is 5.45. The van der Waals surface area contributed by atoms with Crippen LogP contribution in [0.25, 0.3) is 16.7 Å². The molecule has 2 aromatic carbocycles. The van der Waals surface area contributed by atoms with Gasteiger partial charge >= 0.3 is 5.97 Å². The third-order valence-corrected chi connectivity index (χ3v) is 5.45. The number of carbonyl (C=O) groups excluding carboxylic acids is 1. The molecule has 0 saturated carbocycles. The Labute approximate surface area is 204 Å². The zero-order valence-corrected chi connectivity index (χ0v) is 19.7. The molecule has 0 aliphatic rings. The van der Waals surface area contributed by atoms with Crippen LogP contribution in [-0.2, 0) is 11.3 Å². The normalized spacial score (nSPS) is 11.1. The largest absolute Gasteiger partial charge is 0.497 e. The van der Waals surface area contributed by atoms with Crippen LogP contribution in [0.1, 0.15) is 28.9 Å². The first-order chi connectivity index (χ1) is 17.5. The molecule has 0 aliphatic heterocycles. The van der Waals surface area contributed by atoms with Gasteiger partial charge in [0.05, 0.1) is 13.7 Å². The minimum absolute atomic E-state index is 0.0460. The smallest absolute Gasteiger partial charge is 0.342 e. The number of hydrogen-bond acceptors (Lipinski definition) is 9. The van der Waals surface area contributed by atoms with Crippen molar-refractivity contribution in [3.63, 3.8) is 0 Å². The number of rotatable bonds is 8. The number of fused-ring (bicyclic) bond motifs is 3. The molecule has 0 unspecified atom stereocenters. The van der Waals surface area contributed by atoms with Crippen molar-refractivity contribution in [3.05, 3.63) is 71.5 Å². The molecular weight excluding hydrogens is 469 g/mol. The van der Waals surface area contributed by atoms with Crippen molar-refractivity contribution in [3.8, 4) is 11.5 Å². The van der Waals surface area contributed by atoms with E-state index in [2.05, 4.69) is 20.5 Å². The lowest BCUT2D eigenvalue weighted by atomic mass is 10.2. The van der Waals surface area contributed by atoms with Gasteiger partial charge in [0, 0.05) is 5.69 Å². The summed E-state index contributed by atoms with van der Waals surface area (Å²) in [6, 6.07) is 12.9. The van der Waals surface area contributed by atoms with Crippen molar-refractivity contribution in [2.24, 2.45) is 0 Å². The number of nitrogens with one attached hydrogen (secondary N) is 1. The maximum Gasteiger partial charge on any atom is 0.342 e. The van der Waals surface area contributed by atoms with Crippen LogP contribution in [0.2, 0.25) is 0 Å². The van der Waals surface area contributed by atoms with Crippen molar-refractivity contribution in [2.75, 3.05) is 19.0 Å². The standard InChI is InChI=1S/C25H22FN5O5/c1-4-34-24(32)20-14(2)36-23-21(20)22-30-29-19(13-35-18-11-9-17(33-3)10-12-18)31(22)25(28-23)27-16-7-5-15(26)6-8-16/h5-12H,4,13H2,1-3H3,(H,27,28). The molecule has 0 saturated heterocycles. The fourth-order valence-electron chi connectivity index (χ4n) is 3.77. The zero-order chi connectivity index (χ0) is 25.2. The molecule has 0 radical (unpaired) electrons. The van der Waals surface area contributed by atoms with Crippen molar-refractivity contribution in [2.45, 2.75) is 20.5 Å². The van der Waals surface area contributed by atoms with E-state index in [0.29, 0.717) is 45.8 Å². The van der Waals surface area contributed by atoms with E-state index < -0.39 is 5.97 Å². The number of carbonyl (C=O) groups is 1. The first-order valence-corrected chi connectivity index (χ1v) is 11.1. The number of nitrogens with zero attached hydrogens (tertiary/aromatic N) is 4. The Morgan fingerprint density at radius 3 is 2.50 bits per heavy atom. The van der Waals surface area contributed by atoms with Gasteiger partial charge in [0.2, 0.25) is 11.7 Å². The highest BCUT2D eigenvalue weighted by Gasteiger charge is 2.27. The Morgan fingerprint density at radius 2 is 1.81 bits per heavy atom. The summed E-state index contributed by atoms with van der Waals surface area (Å²) in [7, 11) is 1.59. The highest BCUT2D eigenvalue weighted by Crippen LogP contribution is 2.32. The van der Waals surface area contributed by atoms with Gasteiger partial charge < -0.3 is 23.9 Å². The topological polar surface area (TPSA) is 113 Å². The van der Waals surface area contributed by atoms with Gasteiger partial charge in [-0.15, -0.1) is 10.2 Å². The van der Waals surface area contributed by atoms with Crippen molar-refractivity contribution >= 4 is 34.4 Å². The second-order valence-electron chi connectivity index (χ2n) is 7.74. The van der Waals surface area contributed by atoms with Gasteiger partial charge in [-0.1, -0.05) is 0 Å². The van der Waals surface area contributed by atoms with E-state index in [0.717, 1.165) is 0 Å². The SMILES string of the molecule is CCOC(=O)c1c(C)oc2nc(Nc3ccc(F)cc3)n3c(COc4ccc(OC)cc4)nnc3c12. The van der Waals surface area contributed by atoms with Gasteiger partial charge in [0.25, 0.3) is 0 Å². The van der Waals surface area contributed by atoms with Gasteiger partial charge in [-0.2, -0.15) is 4.98 Å². The number of ether oxygens (including phenoxy) is 3. The first kappa shape index (κ1) is 23.1. The maximum absolute atomic E-state index is 13.4. The van der Waals surface area contributed by atoms with E-state index in [-0.39, 0.29) is 30.3 Å². The highest BCUT2D eigenvalue weighted by molar-refractivity contribution is 6.09. The molecule has 0 spiro atoms. The summed E-state index contributed by atoms with van der Waals surface area (Å²) in [5.74, 6) is 1.44. The minimum Gasteiger partial charge on any atom is -0.497 e. The number of aromatic nitrogens is 4. The monoisotopic (exact) mass is 491 g/mol. The Balaban J connectivity index is 1.62. The Morgan fingerprint density at radius 1 is 1.08 bits per heavy atom. The number of hydrogen-bond donors (Lipinski definition) is 1. The highest BCUT2D eigenvalue weighted by atomic mass is 19.1. The number of furan rings is 1. The lowest BCUT2D eigenvalue weighted by Gasteiger charge is -2.11. The lowest BCUT2D eigenvalue weighted by Crippen LogP contribution is -2.09. The zero-order valence-electron chi connectivity index (χ0n) is 19.7. The van der Waals surface area contributed by atoms with Crippen LogP contribution in [0.15, 0.2) is 52.9 Å². The van der Waals surface area contributed by atoms with E-state index >= 15 is 0 Å². The van der Waals surface area contributed by atoms with Crippen LogP contribution in [0.4, 0.5) is 16.0 Å². The van der Waals surface area contributed by atoms with Gasteiger partial charge in [-0.05, 0) is 62.4 Å². The Kier molecular flexibility index (Phi) is 6.11. The summed E-state index contributed by atoms with van der Waals surface area (Å²) in [5.41, 5.74) is 1.32. The van der Waals surface area contributed by atoms with Crippen LogP contribution in [0, 0.1) is 12.7 Å². The van der Waals surface area contributed by atoms with Gasteiger partial charge in [0.15, 0.2) is 11.5 Å². The Bertz CT molecular complexity index is 1540. The second kappa shape index (κ2) is 9.53. The maximum atomic E-state index is 13.4. The Hall–Kier alpha value is -4.67. The quantitative estimate of drug-likeness (QED) is 0.305. The summed E-state index contributed by atoms with van der Waals surface area (Å²) in [6.07, 6.45) is 0. The van der Waals surface area contributed by atoms with Crippen LogP contribution >= 0.6 is 0 Å². The molecule has 3 aromatic heterocycles. The fourth-order valence-corrected chi connectivity index (χ4v) is 3.77. The molecule has 5 rings (SSSR count). The van der Waals surface area contributed by atoms with Crippen LogP contribution in [0.5, 0.6) is 11.5 Å². The molecule has 0 atom stereocenters. The van der Waals surface area contributed by atoms with E-state index in [4.69, 9.17) is 18.6 Å². The van der Waals surface area contributed by atoms with E-state index in [1.165, 1.54) is 12.1 Å². The molecule has 0 amide bonds. The molecule has 184 valence electrons. The minimum atomic E-state index is -0.546. The summed E-state index contributed by atoms with van der Waals surface area (Å²) >= 11 is 0. The molecule has 3 heterocycles. The van der Waals surface area contributed by atoms with Crippen LogP contribution in [-0.4, -0.2) is 39.3 Å². The molecule has 0 aliphatic carbocycles. The lowest BCUT2D eigenvalue weighted by molar-refractivity contribution is 0.0526. The summed E-state index contributed by atoms with van der Waals surface area (Å²) < 4.78 is 37.2. The molecule has 36 heavy (non-hydrogen) atoms. The molecule has 11 heteroatoms. The number of halogens is 1. The van der Waals surface area contributed by atoms with Crippen LogP contribution in [0.3, 0.4) is 0 Å².